The molecule has 20 heavy (non-hydrogen) atoms. The lowest BCUT2D eigenvalue weighted by atomic mass is 9.76. The predicted molar refractivity (Wildman–Crippen MR) is 78.0 cm³/mol. The first-order chi connectivity index (χ1) is 9.37. The average molecular weight is 295 g/mol. The Labute approximate surface area is 120 Å². The van der Waals surface area contributed by atoms with E-state index in [-0.39, 0.29) is 23.3 Å². The van der Waals surface area contributed by atoms with Gasteiger partial charge in [0.25, 0.3) is 0 Å². The van der Waals surface area contributed by atoms with Crippen LogP contribution < -0.4 is 0 Å². The third-order valence-corrected chi connectivity index (χ3v) is 6.59. The molecular formula is C15H21NO3S. The van der Waals surface area contributed by atoms with Crippen molar-refractivity contribution in [3.63, 3.8) is 0 Å². The van der Waals surface area contributed by atoms with Crippen molar-refractivity contribution in [2.75, 3.05) is 24.6 Å². The molecule has 2 unspecified atom stereocenters. The maximum Gasteiger partial charge on any atom is 0.151 e. The van der Waals surface area contributed by atoms with Gasteiger partial charge in [0.1, 0.15) is 0 Å². The highest BCUT2D eigenvalue weighted by Crippen LogP contribution is 2.39. The van der Waals surface area contributed by atoms with Gasteiger partial charge in [-0.3, -0.25) is 4.90 Å². The molecule has 0 saturated carbocycles. The molecule has 2 heterocycles. The summed E-state index contributed by atoms with van der Waals surface area (Å²) in [6.45, 7) is 3.93. The van der Waals surface area contributed by atoms with E-state index in [1.165, 1.54) is 5.56 Å². The van der Waals surface area contributed by atoms with E-state index in [9.17, 15) is 13.5 Å². The summed E-state index contributed by atoms with van der Waals surface area (Å²) in [5.74, 6) is -0.128. The second kappa shape index (κ2) is 4.83. The van der Waals surface area contributed by atoms with Gasteiger partial charge in [-0.1, -0.05) is 30.3 Å². The number of piperidine rings is 1. The fraction of sp³-hybridized carbons (Fsp3) is 0.600. The highest BCUT2D eigenvalue weighted by atomic mass is 32.2. The van der Waals surface area contributed by atoms with Crippen LogP contribution in [0.2, 0.25) is 0 Å². The molecule has 3 rings (SSSR count). The zero-order chi connectivity index (χ0) is 14.4. The molecule has 2 aliphatic rings. The minimum Gasteiger partial charge on any atom is -0.389 e. The molecule has 0 spiro atoms. The van der Waals surface area contributed by atoms with Crippen molar-refractivity contribution < 1.29 is 13.5 Å². The van der Waals surface area contributed by atoms with Crippen LogP contribution in [0.25, 0.3) is 0 Å². The van der Waals surface area contributed by atoms with Crippen LogP contribution in [0, 0.1) is 11.8 Å². The van der Waals surface area contributed by atoms with E-state index in [1.807, 2.05) is 18.2 Å². The topological polar surface area (TPSA) is 57.6 Å². The smallest absolute Gasteiger partial charge is 0.151 e. The highest BCUT2D eigenvalue weighted by molar-refractivity contribution is 7.91. The van der Waals surface area contributed by atoms with Gasteiger partial charge in [-0.25, -0.2) is 8.42 Å². The zero-order valence-corrected chi connectivity index (χ0v) is 12.5. The Morgan fingerprint density at radius 1 is 1.20 bits per heavy atom. The minimum atomic E-state index is -3.00. The molecule has 0 amide bonds. The van der Waals surface area contributed by atoms with Crippen LogP contribution >= 0.6 is 0 Å². The number of nitrogens with zero attached hydrogens (tertiary/aromatic N) is 1. The Hall–Kier alpha value is -0.910. The van der Waals surface area contributed by atoms with Crippen molar-refractivity contribution in [3.05, 3.63) is 35.9 Å². The number of likely N-dealkylation sites (tertiary alicyclic amines) is 1. The molecule has 2 bridgehead atoms. The van der Waals surface area contributed by atoms with E-state index >= 15 is 0 Å². The quantitative estimate of drug-likeness (QED) is 0.881. The molecule has 0 aromatic heterocycles. The number of hydrogen-bond donors (Lipinski definition) is 1. The Kier molecular flexibility index (Phi) is 3.39. The maximum absolute atomic E-state index is 11.9. The Morgan fingerprint density at radius 3 is 2.30 bits per heavy atom. The first kappa shape index (κ1) is 14.0. The van der Waals surface area contributed by atoms with Crippen molar-refractivity contribution in [1.82, 2.24) is 4.90 Å². The molecule has 0 aliphatic carbocycles. The second-order valence-corrected chi connectivity index (χ2v) is 8.53. The van der Waals surface area contributed by atoms with E-state index in [4.69, 9.17) is 0 Å². The zero-order valence-electron chi connectivity index (χ0n) is 11.7. The number of sulfone groups is 1. The van der Waals surface area contributed by atoms with E-state index in [1.54, 1.807) is 6.92 Å². The van der Waals surface area contributed by atoms with Crippen LogP contribution in [0.4, 0.5) is 0 Å². The Morgan fingerprint density at radius 2 is 1.75 bits per heavy atom. The highest BCUT2D eigenvalue weighted by Gasteiger charge is 2.51. The molecule has 0 radical (unpaired) electrons. The third-order valence-electron chi connectivity index (χ3n) is 4.77. The van der Waals surface area contributed by atoms with E-state index in [2.05, 4.69) is 17.0 Å². The molecule has 5 heteroatoms. The fourth-order valence-corrected chi connectivity index (χ4v) is 5.74. The van der Waals surface area contributed by atoms with Crippen molar-refractivity contribution >= 4 is 9.84 Å². The number of aliphatic hydroxyl groups is 1. The molecule has 1 aromatic rings. The number of fused-ring (bicyclic) bond motifs is 2. The second-order valence-electron chi connectivity index (χ2n) is 6.38. The van der Waals surface area contributed by atoms with Crippen molar-refractivity contribution in [2.24, 2.45) is 11.8 Å². The van der Waals surface area contributed by atoms with Crippen LogP contribution in [0.15, 0.2) is 30.3 Å². The van der Waals surface area contributed by atoms with Crippen LogP contribution in [-0.4, -0.2) is 48.6 Å². The summed E-state index contributed by atoms with van der Waals surface area (Å²) in [6, 6.07) is 10.2. The SMILES string of the molecule is CC1(O)C2CN(Cc3ccccc3)CC1CS(=O)(=O)C2. The van der Waals surface area contributed by atoms with E-state index in [0.717, 1.165) is 6.54 Å². The van der Waals surface area contributed by atoms with Gasteiger partial charge in [0, 0.05) is 31.5 Å². The van der Waals surface area contributed by atoms with Gasteiger partial charge in [-0.05, 0) is 12.5 Å². The maximum atomic E-state index is 11.9. The van der Waals surface area contributed by atoms with Gasteiger partial charge in [0.2, 0.25) is 0 Å². The normalized spacial score (nSPS) is 36.7. The van der Waals surface area contributed by atoms with Crippen LogP contribution in [0.3, 0.4) is 0 Å². The van der Waals surface area contributed by atoms with Crippen molar-refractivity contribution in [1.29, 1.82) is 0 Å². The summed E-state index contributed by atoms with van der Waals surface area (Å²) in [6.07, 6.45) is 0. The number of benzene rings is 1. The molecule has 2 saturated heterocycles. The molecular weight excluding hydrogens is 274 g/mol. The molecule has 2 atom stereocenters. The average Bonchev–Trinajstić information content (AvgIpc) is 2.34. The van der Waals surface area contributed by atoms with Gasteiger partial charge in [-0.2, -0.15) is 0 Å². The van der Waals surface area contributed by atoms with Crippen LogP contribution in [-0.2, 0) is 16.4 Å². The fourth-order valence-electron chi connectivity index (χ4n) is 3.50. The van der Waals surface area contributed by atoms with Crippen molar-refractivity contribution in [2.45, 2.75) is 19.1 Å². The van der Waals surface area contributed by atoms with Crippen molar-refractivity contribution in [3.8, 4) is 0 Å². The standard InChI is InChI=1S/C15H21NO3S/c1-15(17)13-8-16(7-12-5-3-2-4-6-12)9-14(15)11-20(18,19)10-13/h2-6,13-14,17H,7-11H2,1H3. The number of rotatable bonds is 2. The monoisotopic (exact) mass is 295 g/mol. The lowest BCUT2D eigenvalue weighted by Crippen LogP contribution is -2.63. The summed E-state index contributed by atoms with van der Waals surface area (Å²) in [7, 11) is -3.00. The van der Waals surface area contributed by atoms with Gasteiger partial charge < -0.3 is 5.11 Å². The molecule has 1 N–H and O–H groups in total. The summed E-state index contributed by atoms with van der Waals surface area (Å²) in [4.78, 5) is 2.28. The molecule has 4 nitrogen and oxygen atoms in total. The van der Waals surface area contributed by atoms with E-state index < -0.39 is 15.4 Å². The minimum absolute atomic E-state index is 0.113. The molecule has 2 fully saturated rings. The summed E-state index contributed by atoms with van der Waals surface area (Å²) < 4.78 is 23.8. The summed E-state index contributed by atoms with van der Waals surface area (Å²) in [5, 5.41) is 10.6. The lowest BCUT2D eigenvalue weighted by molar-refractivity contribution is -0.0955. The summed E-state index contributed by atoms with van der Waals surface area (Å²) in [5.41, 5.74) is 0.383. The molecule has 2 aliphatic heterocycles. The number of hydrogen-bond acceptors (Lipinski definition) is 4. The lowest BCUT2D eigenvalue weighted by Gasteiger charge is -2.51. The van der Waals surface area contributed by atoms with Gasteiger partial charge in [-0.15, -0.1) is 0 Å². The predicted octanol–water partition coefficient (Wildman–Crippen LogP) is 0.914. The van der Waals surface area contributed by atoms with E-state index in [0.29, 0.717) is 13.1 Å². The summed E-state index contributed by atoms with van der Waals surface area (Å²) >= 11 is 0. The third kappa shape index (κ3) is 2.62. The van der Waals surface area contributed by atoms with Gasteiger partial charge in [0.15, 0.2) is 9.84 Å². The largest absolute Gasteiger partial charge is 0.389 e. The Bertz CT molecular complexity index is 558. The molecule has 110 valence electrons. The van der Waals surface area contributed by atoms with Crippen LogP contribution in [0.1, 0.15) is 12.5 Å². The first-order valence-electron chi connectivity index (χ1n) is 7.06. The van der Waals surface area contributed by atoms with Gasteiger partial charge >= 0.3 is 0 Å². The first-order valence-corrected chi connectivity index (χ1v) is 8.88. The van der Waals surface area contributed by atoms with Crippen LogP contribution in [0.5, 0.6) is 0 Å². The van der Waals surface area contributed by atoms with Gasteiger partial charge in [0.05, 0.1) is 17.1 Å². The molecule has 1 aromatic carbocycles. The Balaban J connectivity index is 1.77.